The van der Waals surface area contributed by atoms with Gasteiger partial charge in [-0.2, -0.15) is 0 Å². The lowest BCUT2D eigenvalue weighted by Gasteiger charge is -2.31. The largest absolute Gasteiger partial charge is 0.331 e. The molecule has 1 saturated carbocycles. The van der Waals surface area contributed by atoms with Gasteiger partial charge in [0.15, 0.2) is 0 Å². The second-order valence-corrected chi connectivity index (χ2v) is 7.22. The lowest BCUT2D eigenvalue weighted by Crippen LogP contribution is -2.43. The summed E-state index contributed by atoms with van der Waals surface area (Å²) in [6.45, 7) is 2.24. The normalized spacial score (nSPS) is 19.4. The Balaban J connectivity index is 1.72. The van der Waals surface area contributed by atoms with Crippen LogP contribution in [0.4, 0.5) is 0 Å². The third-order valence-corrected chi connectivity index (χ3v) is 5.35. The summed E-state index contributed by atoms with van der Waals surface area (Å²) in [6, 6.07) is 7.94. The SMILES string of the molecule is C[C@@H](c1ccc(Cl)cc1)N(C(=O)CN1CSCC1=O)C1CC1. The van der Waals surface area contributed by atoms with E-state index in [1.54, 1.807) is 16.7 Å². The molecular formula is C16H19ClN2O2S. The molecule has 0 bridgehead atoms. The van der Waals surface area contributed by atoms with Crippen LogP contribution in [0.1, 0.15) is 31.4 Å². The van der Waals surface area contributed by atoms with Crippen molar-refractivity contribution in [3.63, 3.8) is 0 Å². The van der Waals surface area contributed by atoms with Crippen molar-refractivity contribution in [3.05, 3.63) is 34.9 Å². The number of carbonyl (C=O) groups is 2. The zero-order valence-corrected chi connectivity index (χ0v) is 14.1. The summed E-state index contributed by atoms with van der Waals surface area (Å²) >= 11 is 7.50. The van der Waals surface area contributed by atoms with Crippen LogP contribution in [0, 0.1) is 0 Å². The van der Waals surface area contributed by atoms with E-state index < -0.39 is 0 Å². The lowest BCUT2D eigenvalue weighted by atomic mass is 10.1. The minimum Gasteiger partial charge on any atom is -0.331 e. The van der Waals surface area contributed by atoms with Crippen LogP contribution in [0.5, 0.6) is 0 Å². The van der Waals surface area contributed by atoms with Gasteiger partial charge in [0.2, 0.25) is 11.8 Å². The summed E-state index contributed by atoms with van der Waals surface area (Å²) in [4.78, 5) is 28.0. The van der Waals surface area contributed by atoms with E-state index in [1.165, 1.54) is 0 Å². The molecule has 6 heteroatoms. The number of hydrogen-bond acceptors (Lipinski definition) is 3. The van der Waals surface area contributed by atoms with Gasteiger partial charge in [-0.15, -0.1) is 11.8 Å². The maximum absolute atomic E-state index is 12.7. The van der Waals surface area contributed by atoms with Gasteiger partial charge < -0.3 is 9.80 Å². The molecule has 2 fully saturated rings. The molecular weight excluding hydrogens is 320 g/mol. The summed E-state index contributed by atoms with van der Waals surface area (Å²) in [7, 11) is 0. The molecule has 1 aromatic rings. The number of hydrogen-bond donors (Lipinski definition) is 0. The first kappa shape index (κ1) is 15.7. The van der Waals surface area contributed by atoms with Crippen molar-refractivity contribution in [1.29, 1.82) is 0 Å². The van der Waals surface area contributed by atoms with Crippen LogP contribution in [0.15, 0.2) is 24.3 Å². The molecule has 1 atom stereocenters. The average Bonchev–Trinajstić information content (AvgIpc) is 3.24. The van der Waals surface area contributed by atoms with Crippen LogP contribution in [0.3, 0.4) is 0 Å². The molecule has 0 N–H and O–H groups in total. The molecule has 1 aliphatic carbocycles. The summed E-state index contributed by atoms with van der Waals surface area (Å²) in [5, 5.41) is 0.694. The molecule has 0 spiro atoms. The second-order valence-electron chi connectivity index (χ2n) is 5.83. The van der Waals surface area contributed by atoms with E-state index in [-0.39, 0.29) is 24.4 Å². The Morgan fingerprint density at radius 2 is 2.09 bits per heavy atom. The van der Waals surface area contributed by atoms with Crippen molar-refractivity contribution in [1.82, 2.24) is 9.80 Å². The Hall–Kier alpha value is -1.20. The van der Waals surface area contributed by atoms with Gasteiger partial charge in [-0.05, 0) is 37.5 Å². The van der Waals surface area contributed by atoms with Gasteiger partial charge in [-0.1, -0.05) is 23.7 Å². The highest BCUT2D eigenvalue weighted by molar-refractivity contribution is 8.00. The monoisotopic (exact) mass is 338 g/mol. The van der Waals surface area contributed by atoms with E-state index in [0.29, 0.717) is 22.7 Å². The Bertz CT molecular complexity index is 574. The highest BCUT2D eigenvalue weighted by Crippen LogP contribution is 2.35. The lowest BCUT2D eigenvalue weighted by molar-refractivity contribution is -0.140. The standard InChI is InChI=1S/C16H19ClN2O2S/c1-11(12-2-4-13(17)5-3-12)19(14-6-7-14)15(20)8-18-10-22-9-16(18)21/h2-5,11,14H,6-10H2,1H3/t11-/m0/s1. The van der Waals surface area contributed by atoms with E-state index in [1.807, 2.05) is 36.1 Å². The molecule has 1 aromatic carbocycles. The van der Waals surface area contributed by atoms with Crippen molar-refractivity contribution in [2.75, 3.05) is 18.2 Å². The Labute approximate surface area is 139 Å². The van der Waals surface area contributed by atoms with Crippen LogP contribution in [0.2, 0.25) is 5.02 Å². The van der Waals surface area contributed by atoms with Crippen molar-refractivity contribution in [3.8, 4) is 0 Å². The number of benzene rings is 1. The molecule has 0 radical (unpaired) electrons. The Kier molecular flexibility index (Phi) is 4.64. The first-order valence-electron chi connectivity index (χ1n) is 7.48. The van der Waals surface area contributed by atoms with Crippen molar-refractivity contribution in [2.24, 2.45) is 0 Å². The predicted molar refractivity (Wildman–Crippen MR) is 88.8 cm³/mol. The number of carbonyl (C=O) groups excluding carboxylic acids is 2. The predicted octanol–water partition coefficient (Wildman–Crippen LogP) is 2.92. The third-order valence-electron chi connectivity index (χ3n) is 4.15. The van der Waals surface area contributed by atoms with E-state index in [9.17, 15) is 9.59 Å². The van der Waals surface area contributed by atoms with Crippen LogP contribution in [-0.2, 0) is 9.59 Å². The smallest absolute Gasteiger partial charge is 0.242 e. The minimum atomic E-state index is 0.00243. The van der Waals surface area contributed by atoms with E-state index in [2.05, 4.69) is 0 Å². The maximum Gasteiger partial charge on any atom is 0.242 e. The molecule has 4 nitrogen and oxygen atoms in total. The summed E-state index contributed by atoms with van der Waals surface area (Å²) in [6.07, 6.45) is 2.10. The molecule has 22 heavy (non-hydrogen) atoms. The molecule has 2 aliphatic rings. The first-order valence-corrected chi connectivity index (χ1v) is 9.01. The Morgan fingerprint density at radius 1 is 1.41 bits per heavy atom. The van der Waals surface area contributed by atoms with Crippen molar-refractivity contribution in [2.45, 2.75) is 31.8 Å². The fourth-order valence-corrected chi connectivity index (χ4v) is 3.81. The van der Waals surface area contributed by atoms with Gasteiger partial charge in [0.25, 0.3) is 0 Å². The van der Waals surface area contributed by atoms with E-state index in [0.717, 1.165) is 18.4 Å². The number of thioether (sulfide) groups is 1. The second kappa shape index (κ2) is 6.50. The van der Waals surface area contributed by atoms with Gasteiger partial charge in [0.1, 0.15) is 6.54 Å². The van der Waals surface area contributed by atoms with Gasteiger partial charge in [0, 0.05) is 11.1 Å². The van der Waals surface area contributed by atoms with Crippen LogP contribution in [0.25, 0.3) is 0 Å². The molecule has 1 aliphatic heterocycles. The summed E-state index contributed by atoms with van der Waals surface area (Å²) in [5.41, 5.74) is 1.08. The highest BCUT2D eigenvalue weighted by atomic mass is 35.5. The number of nitrogens with zero attached hydrogens (tertiary/aromatic N) is 2. The topological polar surface area (TPSA) is 40.6 Å². The quantitative estimate of drug-likeness (QED) is 0.828. The zero-order valence-electron chi connectivity index (χ0n) is 12.5. The summed E-state index contributed by atoms with van der Waals surface area (Å²) < 4.78 is 0. The number of halogens is 1. The van der Waals surface area contributed by atoms with E-state index >= 15 is 0 Å². The van der Waals surface area contributed by atoms with Gasteiger partial charge in [0.05, 0.1) is 17.7 Å². The first-order chi connectivity index (χ1) is 10.6. The number of amides is 2. The molecule has 3 rings (SSSR count). The third kappa shape index (κ3) is 3.41. The fourth-order valence-electron chi connectivity index (χ4n) is 2.78. The maximum atomic E-state index is 12.7. The van der Waals surface area contributed by atoms with Gasteiger partial charge in [-0.25, -0.2) is 0 Å². The zero-order chi connectivity index (χ0) is 15.7. The van der Waals surface area contributed by atoms with Gasteiger partial charge >= 0.3 is 0 Å². The van der Waals surface area contributed by atoms with Crippen LogP contribution >= 0.6 is 23.4 Å². The van der Waals surface area contributed by atoms with Crippen LogP contribution < -0.4 is 0 Å². The number of rotatable bonds is 5. The van der Waals surface area contributed by atoms with Crippen LogP contribution in [-0.4, -0.2) is 45.8 Å². The van der Waals surface area contributed by atoms with Gasteiger partial charge in [-0.3, -0.25) is 9.59 Å². The molecule has 118 valence electrons. The highest BCUT2D eigenvalue weighted by Gasteiger charge is 2.37. The van der Waals surface area contributed by atoms with Crippen molar-refractivity contribution >= 4 is 35.2 Å². The molecule has 0 aromatic heterocycles. The minimum absolute atomic E-state index is 0.00243. The average molecular weight is 339 g/mol. The fraction of sp³-hybridized carbons (Fsp3) is 0.500. The molecule has 2 amide bonds. The van der Waals surface area contributed by atoms with Crippen molar-refractivity contribution < 1.29 is 9.59 Å². The molecule has 1 saturated heterocycles. The van der Waals surface area contributed by atoms with E-state index in [4.69, 9.17) is 11.6 Å². The molecule has 1 heterocycles. The molecule has 0 unspecified atom stereocenters. The Morgan fingerprint density at radius 3 is 2.64 bits per heavy atom. The summed E-state index contributed by atoms with van der Waals surface area (Å²) in [5.74, 6) is 1.22.